The molecule has 0 aromatic rings. The van der Waals surface area contributed by atoms with Crippen LogP contribution in [0.25, 0.3) is 0 Å². The van der Waals surface area contributed by atoms with Crippen LogP contribution >= 0.6 is 22.6 Å². The van der Waals surface area contributed by atoms with E-state index in [1.54, 1.807) is 0 Å². The molecule has 0 N–H and O–H groups in total. The zero-order chi connectivity index (χ0) is 9.69. The number of halogens is 1. The maximum Gasteiger partial charge on any atom is 0.0695 e. The molecule has 0 aliphatic carbocycles. The zero-order valence-corrected chi connectivity index (χ0v) is 10.9. The molecule has 1 nitrogen and oxygen atoms in total. The van der Waals surface area contributed by atoms with Gasteiger partial charge in [0, 0.05) is 0 Å². The van der Waals surface area contributed by atoms with Gasteiger partial charge in [0.25, 0.3) is 0 Å². The van der Waals surface area contributed by atoms with Crippen molar-refractivity contribution in [3.63, 3.8) is 0 Å². The Labute approximate surface area is 94.8 Å². The molecule has 0 amide bonds. The molecule has 2 rings (SSSR count). The highest BCUT2D eigenvalue weighted by atomic mass is 127. The predicted molar refractivity (Wildman–Crippen MR) is 63.3 cm³/mol. The molecule has 2 saturated heterocycles. The Morgan fingerprint density at radius 3 is 2.38 bits per heavy atom. The van der Waals surface area contributed by atoms with Crippen LogP contribution in [0, 0.1) is 11.8 Å². The van der Waals surface area contributed by atoms with Crippen molar-refractivity contribution in [2.45, 2.75) is 51.2 Å². The fourth-order valence-electron chi connectivity index (χ4n) is 3.34. The van der Waals surface area contributed by atoms with E-state index in [-0.39, 0.29) is 11.2 Å². The van der Waals surface area contributed by atoms with Crippen LogP contribution in [0.4, 0.5) is 0 Å². The predicted octanol–water partition coefficient (Wildman–Crippen LogP) is 3.41. The van der Waals surface area contributed by atoms with Crippen molar-refractivity contribution in [2.24, 2.45) is 11.8 Å². The number of alkyl halides is 1. The van der Waals surface area contributed by atoms with E-state index in [9.17, 15) is 0 Å². The summed E-state index contributed by atoms with van der Waals surface area (Å²) in [5.41, 5.74) is 0.407. The summed E-state index contributed by atoms with van der Waals surface area (Å²) < 4.78 is 7.49. The van der Waals surface area contributed by atoms with Crippen molar-refractivity contribution in [3.05, 3.63) is 0 Å². The summed E-state index contributed by atoms with van der Waals surface area (Å²) in [6.07, 6.45) is 3.87. The highest BCUT2D eigenvalue weighted by Crippen LogP contribution is 2.58. The third-order valence-electron chi connectivity index (χ3n) is 4.36. The van der Waals surface area contributed by atoms with Crippen molar-refractivity contribution >= 4 is 22.6 Å². The molecule has 2 aliphatic rings. The third kappa shape index (κ3) is 1.36. The van der Waals surface area contributed by atoms with Crippen molar-refractivity contribution in [3.8, 4) is 0 Å². The summed E-state index contributed by atoms with van der Waals surface area (Å²) in [6.45, 7) is 7.00. The Hall–Kier alpha value is 0.690. The average Bonchev–Trinajstić information content (AvgIpc) is 2.46. The molecule has 4 atom stereocenters. The average molecular weight is 294 g/mol. The van der Waals surface area contributed by atoms with Gasteiger partial charge in [-0.15, -0.1) is 0 Å². The minimum Gasteiger partial charge on any atom is -0.369 e. The van der Waals surface area contributed by atoms with Gasteiger partial charge in [-0.05, 0) is 49.4 Å². The van der Waals surface area contributed by atoms with Crippen LogP contribution in [0.3, 0.4) is 0 Å². The van der Waals surface area contributed by atoms with E-state index in [0.29, 0.717) is 0 Å². The quantitative estimate of drug-likeness (QED) is 0.560. The summed E-state index contributed by atoms with van der Waals surface area (Å²) in [7, 11) is 0. The van der Waals surface area contributed by atoms with Crippen LogP contribution < -0.4 is 0 Å². The van der Waals surface area contributed by atoms with Crippen molar-refractivity contribution < 1.29 is 4.74 Å². The minimum atomic E-state index is 0.200. The van der Waals surface area contributed by atoms with Gasteiger partial charge in [0.05, 0.1) is 11.2 Å². The zero-order valence-electron chi connectivity index (χ0n) is 8.77. The Kier molecular flexibility index (Phi) is 2.43. The second-order valence-electron chi connectivity index (χ2n) is 5.10. The Morgan fingerprint density at radius 1 is 1.31 bits per heavy atom. The summed E-state index contributed by atoms with van der Waals surface area (Å²) in [4.78, 5) is 0. The molecule has 76 valence electrons. The number of fused-ring (bicyclic) bond motifs is 2. The van der Waals surface area contributed by atoms with Gasteiger partial charge in [0.15, 0.2) is 0 Å². The van der Waals surface area contributed by atoms with Gasteiger partial charge in [-0.3, -0.25) is 0 Å². The van der Waals surface area contributed by atoms with Gasteiger partial charge in [-0.1, -0.05) is 29.5 Å². The molecule has 0 saturated carbocycles. The molecule has 13 heavy (non-hydrogen) atoms. The summed E-state index contributed by atoms with van der Waals surface area (Å²) in [5, 5.41) is 0. The first-order chi connectivity index (χ1) is 6.02. The Balaban J connectivity index is 2.21. The van der Waals surface area contributed by atoms with Crippen LogP contribution in [0.15, 0.2) is 0 Å². The lowest BCUT2D eigenvalue weighted by Crippen LogP contribution is -2.36. The van der Waals surface area contributed by atoms with E-state index >= 15 is 0 Å². The second kappa shape index (κ2) is 3.09. The second-order valence-corrected chi connectivity index (χ2v) is 6.18. The molecule has 0 aromatic carbocycles. The van der Waals surface area contributed by atoms with Gasteiger partial charge < -0.3 is 4.74 Å². The van der Waals surface area contributed by atoms with Crippen LogP contribution in [-0.2, 0) is 4.74 Å². The number of hydrogen-bond donors (Lipinski definition) is 0. The third-order valence-corrected chi connectivity index (χ3v) is 4.98. The van der Waals surface area contributed by atoms with E-state index in [4.69, 9.17) is 4.74 Å². The standard InChI is InChI=1S/C11H19IO/c1-8-9(4-7-12)11(3)6-5-10(8,2)13-11/h8-9H,4-7H2,1-3H3/t8-,9-,10+,11-/m1/s1. The highest BCUT2D eigenvalue weighted by Gasteiger charge is 2.60. The normalized spacial score (nSPS) is 54.5. The molecule has 0 aromatic heterocycles. The van der Waals surface area contributed by atoms with Crippen LogP contribution in [-0.4, -0.2) is 15.6 Å². The largest absolute Gasteiger partial charge is 0.369 e. The van der Waals surface area contributed by atoms with E-state index in [1.807, 2.05) is 0 Å². The first kappa shape index (κ1) is 10.2. The number of rotatable bonds is 2. The smallest absolute Gasteiger partial charge is 0.0695 e. The van der Waals surface area contributed by atoms with Crippen molar-refractivity contribution in [1.29, 1.82) is 0 Å². The lowest BCUT2D eigenvalue weighted by molar-refractivity contribution is -0.0424. The van der Waals surface area contributed by atoms with Gasteiger partial charge in [-0.2, -0.15) is 0 Å². The fraction of sp³-hybridized carbons (Fsp3) is 1.00. The first-order valence-corrected chi connectivity index (χ1v) is 6.80. The topological polar surface area (TPSA) is 9.23 Å². The van der Waals surface area contributed by atoms with Gasteiger partial charge in [-0.25, -0.2) is 0 Å². The molecule has 2 heterocycles. The molecule has 2 aliphatic heterocycles. The van der Waals surface area contributed by atoms with Crippen molar-refractivity contribution in [1.82, 2.24) is 0 Å². The number of ether oxygens (including phenoxy) is 1. The van der Waals surface area contributed by atoms with Gasteiger partial charge >= 0.3 is 0 Å². The van der Waals surface area contributed by atoms with Gasteiger partial charge in [0.2, 0.25) is 0 Å². The minimum absolute atomic E-state index is 0.200. The maximum atomic E-state index is 6.22. The summed E-state index contributed by atoms with van der Waals surface area (Å²) >= 11 is 2.48. The first-order valence-electron chi connectivity index (χ1n) is 5.28. The molecule has 0 unspecified atom stereocenters. The molecule has 2 heteroatoms. The van der Waals surface area contributed by atoms with Gasteiger partial charge in [0.1, 0.15) is 0 Å². The Morgan fingerprint density at radius 2 is 1.92 bits per heavy atom. The summed E-state index contributed by atoms with van der Waals surface area (Å²) in [6, 6.07) is 0. The van der Waals surface area contributed by atoms with E-state index in [1.165, 1.54) is 23.7 Å². The monoisotopic (exact) mass is 294 g/mol. The van der Waals surface area contributed by atoms with Crippen LogP contribution in [0.1, 0.15) is 40.0 Å². The van der Waals surface area contributed by atoms with E-state index in [2.05, 4.69) is 43.4 Å². The van der Waals surface area contributed by atoms with Crippen LogP contribution in [0.2, 0.25) is 0 Å². The van der Waals surface area contributed by atoms with Crippen LogP contribution in [0.5, 0.6) is 0 Å². The maximum absolute atomic E-state index is 6.22. The molecular weight excluding hydrogens is 275 g/mol. The Bertz CT molecular complexity index is 218. The lowest BCUT2D eigenvalue weighted by atomic mass is 9.67. The van der Waals surface area contributed by atoms with E-state index in [0.717, 1.165) is 11.8 Å². The summed E-state index contributed by atoms with van der Waals surface area (Å²) in [5.74, 6) is 1.55. The number of hydrogen-bond acceptors (Lipinski definition) is 1. The molecule has 0 radical (unpaired) electrons. The molecule has 0 spiro atoms. The lowest BCUT2D eigenvalue weighted by Gasteiger charge is -2.34. The SMILES string of the molecule is C[C@@H]1[C@@H](CCI)[C@@]2(C)CC[C@]1(C)O2. The molecule has 2 bridgehead atoms. The van der Waals surface area contributed by atoms with Crippen molar-refractivity contribution in [2.75, 3.05) is 4.43 Å². The molecule has 2 fully saturated rings. The fourth-order valence-corrected chi connectivity index (χ4v) is 4.01. The highest BCUT2D eigenvalue weighted by molar-refractivity contribution is 14.1. The van der Waals surface area contributed by atoms with E-state index < -0.39 is 0 Å². The molecular formula is C11H19IO.